The molecule has 0 fully saturated rings. The van der Waals surface area contributed by atoms with Gasteiger partial charge in [-0.1, -0.05) is 66.1 Å². The molecule has 0 bridgehead atoms. The molecule has 0 spiro atoms. The van der Waals surface area contributed by atoms with Gasteiger partial charge in [0.25, 0.3) is 0 Å². The highest BCUT2D eigenvalue weighted by atomic mass is 14.1. The van der Waals surface area contributed by atoms with Crippen molar-refractivity contribution in [3.8, 4) is 11.1 Å². The van der Waals surface area contributed by atoms with Crippen LogP contribution in [0.4, 0.5) is 0 Å². The topological polar surface area (TPSA) is 0 Å². The number of hydrogen-bond donors (Lipinski definition) is 0. The van der Waals surface area contributed by atoms with Crippen molar-refractivity contribution in [1.82, 2.24) is 0 Å². The zero-order chi connectivity index (χ0) is 16.0. The molecule has 0 radical (unpaired) electrons. The van der Waals surface area contributed by atoms with Gasteiger partial charge in [-0.05, 0) is 41.3 Å². The molecule has 0 N–H and O–H groups in total. The molecule has 0 saturated heterocycles. The van der Waals surface area contributed by atoms with Crippen LogP contribution in [0.15, 0.2) is 60.6 Å². The van der Waals surface area contributed by atoms with Crippen LogP contribution in [-0.2, 0) is 0 Å². The molecule has 3 aromatic rings. The first kappa shape index (κ1) is 7.38. The Balaban J connectivity index is 2.47. The van der Waals surface area contributed by atoms with Crippen molar-refractivity contribution in [1.29, 1.82) is 0 Å². The zero-order valence-electron chi connectivity index (χ0n) is 14.5. The summed E-state index contributed by atoms with van der Waals surface area (Å²) < 4.78 is 32.2. The largest absolute Gasteiger partial charge is 0.0630 e. The predicted octanol–water partition coefficient (Wildman–Crippen LogP) is 5.12. The molecule has 0 saturated carbocycles. The van der Waals surface area contributed by atoms with E-state index in [2.05, 4.69) is 0 Å². The Morgan fingerprint density at radius 3 is 2.17 bits per heavy atom. The van der Waals surface area contributed by atoms with Gasteiger partial charge < -0.3 is 0 Å². The van der Waals surface area contributed by atoms with Crippen molar-refractivity contribution in [3.63, 3.8) is 0 Å². The second kappa shape index (κ2) is 4.30. The van der Waals surface area contributed by atoms with E-state index in [0.717, 1.165) is 21.9 Å². The summed E-state index contributed by atoms with van der Waals surface area (Å²) in [4.78, 5) is 0. The molecule has 0 aromatic heterocycles. The van der Waals surface area contributed by atoms with Crippen LogP contribution in [0.1, 0.15) is 16.6 Å². The van der Waals surface area contributed by atoms with Gasteiger partial charge in [-0.3, -0.25) is 0 Å². The van der Waals surface area contributed by atoms with Crippen LogP contribution in [0.2, 0.25) is 0 Å². The van der Waals surface area contributed by atoms with Gasteiger partial charge in [0.15, 0.2) is 0 Å². The molecule has 0 aliphatic heterocycles. The third-order valence-corrected chi connectivity index (χ3v) is 3.20. The Labute approximate surface area is 114 Å². The fourth-order valence-corrected chi connectivity index (χ4v) is 2.14. The standard InChI is InChI=1S/C18H16/c1-13-7-10-15(11-8-13)17-12-9-14(2)16-5-3-4-6-18(16)17/h3-12H,1-2H3/i3D,4D,9D,12D. The van der Waals surface area contributed by atoms with Crippen molar-refractivity contribution in [3.05, 3.63) is 71.7 Å². The van der Waals surface area contributed by atoms with Gasteiger partial charge in [-0.25, -0.2) is 0 Å². The highest BCUT2D eigenvalue weighted by Gasteiger charge is 2.04. The Kier molecular flexibility index (Phi) is 1.76. The number of aryl methyl sites for hydroxylation is 2. The van der Waals surface area contributed by atoms with Crippen LogP contribution in [0.5, 0.6) is 0 Å². The average molecular weight is 236 g/mol. The molecule has 0 heteroatoms. The van der Waals surface area contributed by atoms with Gasteiger partial charge in [0, 0.05) is 0 Å². The molecule has 0 unspecified atom stereocenters. The summed E-state index contributed by atoms with van der Waals surface area (Å²) in [5.74, 6) is 0. The maximum absolute atomic E-state index is 8.34. The quantitative estimate of drug-likeness (QED) is 0.550. The molecule has 0 aliphatic carbocycles. The van der Waals surface area contributed by atoms with Crippen molar-refractivity contribution in [2.75, 3.05) is 0 Å². The summed E-state index contributed by atoms with van der Waals surface area (Å²) in [7, 11) is 0. The first-order valence-electron chi connectivity index (χ1n) is 7.98. The van der Waals surface area contributed by atoms with Crippen LogP contribution in [0.3, 0.4) is 0 Å². The van der Waals surface area contributed by atoms with E-state index in [-0.39, 0.29) is 24.2 Å². The van der Waals surface area contributed by atoms with E-state index >= 15 is 0 Å². The molecule has 88 valence electrons. The predicted molar refractivity (Wildman–Crippen MR) is 78.9 cm³/mol. The molecular formula is C18H16. The first-order chi connectivity index (χ1) is 10.4. The molecule has 3 rings (SSSR count). The second-order valence-corrected chi connectivity index (χ2v) is 4.52. The Morgan fingerprint density at radius 2 is 1.44 bits per heavy atom. The SMILES string of the molecule is [2H]c1cc2c(C)c([2H])c([2H])c(-c3ccc(C)cc3)c2cc1[2H]. The van der Waals surface area contributed by atoms with E-state index in [1.807, 2.05) is 31.2 Å². The molecule has 18 heavy (non-hydrogen) atoms. The van der Waals surface area contributed by atoms with Crippen molar-refractivity contribution < 1.29 is 5.48 Å². The summed E-state index contributed by atoms with van der Waals surface area (Å²) in [6, 6.07) is 11.7. The fraction of sp³-hybridized carbons (Fsp3) is 0.111. The van der Waals surface area contributed by atoms with Crippen LogP contribution in [0.25, 0.3) is 21.9 Å². The Bertz CT molecular complexity index is 880. The number of hydrogen-bond acceptors (Lipinski definition) is 0. The maximum Gasteiger partial charge on any atom is 0.0630 e. The number of fused-ring (bicyclic) bond motifs is 1. The lowest BCUT2D eigenvalue weighted by Gasteiger charge is -2.09. The number of benzene rings is 3. The van der Waals surface area contributed by atoms with Gasteiger partial charge in [0.2, 0.25) is 0 Å². The highest BCUT2D eigenvalue weighted by molar-refractivity contribution is 5.98. The average Bonchev–Trinajstić information content (AvgIpc) is 2.49. The third kappa shape index (κ3) is 1.80. The van der Waals surface area contributed by atoms with Crippen LogP contribution < -0.4 is 0 Å². The monoisotopic (exact) mass is 236 g/mol. The lowest BCUT2D eigenvalue weighted by molar-refractivity contribution is 1.47. The molecule has 0 heterocycles. The third-order valence-electron chi connectivity index (χ3n) is 3.20. The smallest absolute Gasteiger partial charge is 0.0616 e. The van der Waals surface area contributed by atoms with Crippen molar-refractivity contribution in [2.45, 2.75) is 13.8 Å². The molecule has 0 atom stereocenters. The lowest BCUT2D eigenvalue weighted by atomic mass is 9.95. The van der Waals surface area contributed by atoms with Crippen LogP contribution in [-0.4, -0.2) is 0 Å². The van der Waals surface area contributed by atoms with E-state index in [1.165, 1.54) is 0 Å². The summed E-state index contributed by atoms with van der Waals surface area (Å²) in [5.41, 5.74) is 3.35. The van der Waals surface area contributed by atoms with Gasteiger partial charge in [0.05, 0.1) is 5.48 Å². The lowest BCUT2D eigenvalue weighted by Crippen LogP contribution is -1.84. The molecular weight excluding hydrogens is 216 g/mol. The molecule has 0 nitrogen and oxygen atoms in total. The zero-order valence-corrected chi connectivity index (χ0v) is 10.5. The minimum atomic E-state index is 0.136. The normalized spacial score (nSPS) is 13.9. The van der Waals surface area contributed by atoms with Crippen molar-refractivity contribution in [2.24, 2.45) is 0 Å². The van der Waals surface area contributed by atoms with Gasteiger partial charge in [-0.15, -0.1) is 0 Å². The van der Waals surface area contributed by atoms with Gasteiger partial charge in [-0.2, -0.15) is 0 Å². The highest BCUT2D eigenvalue weighted by Crippen LogP contribution is 2.30. The minimum Gasteiger partial charge on any atom is -0.0616 e. The van der Waals surface area contributed by atoms with Crippen LogP contribution in [0, 0.1) is 13.8 Å². The summed E-state index contributed by atoms with van der Waals surface area (Å²) >= 11 is 0. The Hall–Kier alpha value is -2.08. The second-order valence-electron chi connectivity index (χ2n) is 4.52. The summed E-state index contributed by atoms with van der Waals surface area (Å²) in [6.07, 6.45) is 0. The van der Waals surface area contributed by atoms with Crippen LogP contribution >= 0.6 is 0 Å². The van der Waals surface area contributed by atoms with E-state index in [9.17, 15) is 0 Å². The summed E-state index contributed by atoms with van der Waals surface area (Å²) in [6.45, 7) is 3.80. The van der Waals surface area contributed by atoms with E-state index in [1.54, 1.807) is 19.1 Å². The van der Waals surface area contributed by atoms with E-state index < -0.39 is 0 Å². The minimum absolute atomic E-state index is 0.136. The number of rotatable bonds is 1. The Morgan fingerprint density at radius 1 is 0.778 bits per heavy atom. The van der Waals surface area contributed by atoms with Gasteiger partial charge >= 0.3 is 0 Å². The maximum atomic E-state index is 8.34. The van der Waals surface area contributed by atoms with Gasteiger partial charge in [0.1, 0.15) is 0 Å². The first-order valence-corrected chi connectivity index (χ1v) is 5.98. The molecule has 0 aliphatic rings. The van der Waals surface area contributed by atoms with E-state index in [0.29, 0.717) is 11.1 Å². The van der Waals surface area contributed by atoms with E-state index in [4.69, 9.17) is 5.48 Å². The molecule has 0 amide bonds. The summed E-state index contributed by atoms with van der Waals surface area (Å²) in [5, 5.41) is 1.54. The van der Waals surface area contributed by atoms with Crippen molar-refractivity contribution >= 4 is 10.8 Å². The molecule has 3 aromatic carbocycles. The fourth-order valence-electron chi connectivity index (χ4n) is 2.14.